The molecule has 4 fully saturated rings. The Bertz CT molecular complexity index is 847. The fourth-order valence-corrected chi connectivity index (χ4v) is 7.48. The van der Waals surface area contributed by atoms with Crippen LogP contribution >= 0.6 is 11.3 Å². The molecule has 148 valence electrons. The molecule has 0 aliphatic heterocycles. The van der Waals surface area contributed by atoms with Gasteiger partial charge in [0.1, 0.15) is 0 Å². The molecule has 4 aliphatic carbocycles. The van der Waals surface area contributed by atoms with E-state index in [1.54, 1.807) is 11.3 Å². The molecule has 4 aliphatic rings. The van der Waals surface area contributed by atoms with Crippen molar-refractivity contribution in [1.29, 1.82) is 0 Å². The molecule has 28 heavy (non-hydrogen) atoms. The van der Waals surface area contributed by atoms with Crippen molar-refractivity contribution in [3.05, 3.63) is 39.7 Å². The first-order valence-corrected chi connectivity index (χ1v) is 11.6. The number of aryl methyl sites for hydroxylation is 2. The van der Waals surface area contributed by atoms with Crippen molar-refractivity contribution in [3.8, 4) is 11.3 Å². The molecule has 0 unspecified atom stereocenters. The first-order chi connectivity index (χ1) is 13.5. The monoisotopic (exact) mass is 394 g/mol. The summed E-state index contributed by atoms with van der Waals surface area (Å²) in [5.41, 5.74) is 3.73. The molecule has 1 N–H and O–H groups in total. The number of nitrogens with zero attached hydrogens (tertiary/aromatic N) is 1. The van der Waals surface area contributed by atoms with Crippen LogP contribution in [0.3, 0.4) is 0 Å². The van der Waals surface area contributed by atoms with Crippen LogP contribution in [0.15, 0.2) is 24.3 Å². The number of amides is 1. The average Bonchev–Trinajstić information content (AvgIpc) is 3.00. The summed E-state index contributed by atoms with van der Waals surface area (Å²) in [6, 6.07) is 8.45. The van der Waals surface area contributed by atoms with E-state index in [0.717, 1.165) is 45.4 Å². The molecule has 6 rings (SSSR count). The van der Waals surface area contributed by atoms with E-state index in [-0.39, 0.29) is 5.91 Å². The second kappa shape index (κ2) is 6.98. The molecule has 4 saturated carbocycles. The lowest BCUT2D eigenvalue weighted by atomic mass is 9.49. The highest BCUT2D eigenvalue weighted by molar-refractivity contribution is 7.12. The summed E-state index contributed by atoms with van der Waals surface area (Å²) < 4.78 is 0. The lowest BCUT2D eigenvalue weighted by Crippen LogP contribution is -2.51. The number of hydrogen-bond acceptors (Lipinski definition) is 3. The number of nitrogens with one attached hydrogen (secondary N) is 1. The Hall–Kier alpha value is -1.68. The van der Waals surface area contributed by atoms with Gasteiger partial charge in [-0.3, -0.25) is 4.79 Å². The Morgan fingerprint density at radius 3 is 2.29 bits per heavy atom. The van der Waals surface area contributed by atoms with Gasteiger partial charge in [0.25, 0.3) is 0 Å². The summed E-state index contributed by atoms with van der Waals surface area (Å²) in [5, 5.41) is 4.35. The van der Waals surface area contributed by atoms with Crippen molar-refractivity contribution in [1.82, 2.24) is 10.3 Å². The van der Waals surface area contributed by atoms with Crippen molar-refractivity contribution >= 4 is 17.2 Å². The predicted molar refractivity (Wildman–Crippen MR) is 114 cm³/mol. The largest absolute Gasteiger partial charge is 0.355 e. The third-order valence-corrected chi connectivity index (χ3v) is 8.25. The summed E-state index contributed by atoms with van der Waals surface area (Å²) in [6.45, 7) is 5.00. The standard InChI is InChI=1S/C24H30N2OS/c1-15-3-5-20(6-4-15)23-21(28-16(2)26-23)10-22(27)25-14-24-11-17-7-18(12-24)9-19(8-17)13-24/h3-6,17-19H,7-14H2,1-2H3,(H,25,27). The van der Waals surface area contributed by atoms with Crippen LogP contribution in [0.2, 0.25) is 0 Å². The molecule has 3 nitrogen and oxygen atoms in total. The Morgan fingerprint density at radius 2 is 1.68 bits per heavy atom. The topological polar surface area (TPSA) is 42.0 Å². The van der Waals surface area contributed by atoms with E-state index in [4.69, 9.17) is 4.98 Å². The van der Waals surface area contributed by atoms with Crippen molar-refractivity contribution < 1.29 is 4.79 Å². The van der Waals surface area contributed by atoms with Crippen molar-refractivity contribution in [2.24, 2.45) is 23.2 Å². The number of carbonyl (C=O) groups excluding carboxylic acids is 1. The van der Waals surface area contributed by atoms with Crippen LogP contribution in [0.5, 0.6) is 0 Å². The van der Waals surface area contributed by atoms with Gasteiger partial charge in [-0.15, -0.1) is 11.3 Å². The quantitative estimate of drug-likeness (QED) is 0.747. The van der Waals surface area contributed by atoms with E-state index < -0.39 is 0 Å². The molecule has 0 saturated heterocycles. The number of hydrogen-bond donors (Lipinski definition) is 1. The fourth-order valence-electron chi connectivity index (χ4n) is 6.53. The van der Waals surface area contributed by atoms with Gasteiger partial charge < -0.3 is 5.32 Å². The lowest BCUT2D eigenvalue weighted by Gasteiger charge is -2.56. The van der Waals surface area contributed by atoms with Gasteiger partial charge in [0.05, 0.1) is 17.1 Å². The summed E-state index contributed by atoms with van der Waals surface area (Å²) in [4.78, 5) is 18.6. The van der Waals surface area contributed by atoms with Gasteiger partial charge in [0.15, 0.2) is 0 Å². The minimum Gasteiger partial charge on any atom is -0.355 e. The van der Waals surface area contributed by atoms with E-state index in [9.17, 15) is 4.79 Å². The van der Waals surface area contributed by atoms with E-state index >= 15 is 0 Å². The zero-order chi connectivity index (χ0) is 19.3. The number of benzene rings is 1. The highest BCUT2D eigenvalue weighted by Gasteiger charge is 2.50. The second-order valence-corrected chi connectivity index (χ2v) is 11.0. The molecule has 0 spiro atoms. The molecule has 2 aromatic rings. The van der Waals surface area contributed by atoms with Gasteiger partial charge in [0.2, 0.25) is 5.91 Å². The molecule has 0 radical (unpaired) electrons. The van der Waals surface area contributed by atoms with E-state index in [2.05, 4.69) is 36.5 Å². The van der Waals surface area contributed by atoms with E-state index in [0.29, 0.717) is 11.8 Å². The van der Waals surface area contributed by atoms with Crippen LogP contribution in [-0.2, 0) is 11.2 Å². The molecule has 1 amide bonds. The van der Waals surface area contributed by atoms with Crippen molar-refractivity contribution in [3.63, 3.8) is 0 Å². The van der Waals surface area contributed by atoms with Crippen molar-refractivity contribution in [2.45, 2.75) is 58.8 Å². The third kappa shape index (κ3) is 3.52. The maximum absolute atomic E-state index is 12.8. The zero-order valence-electron chi connectivity index (χ0n) is 17.0. The Labute approximate surface area is 172 Å². The zero-order valence-corrected chi connectivity index (χ0v) is 17.8. The van der Waals surface area contributed by atoms with Gasteiger partial charge in [-0.05, 0) is 75.5 Å². The normalized spacial score (nSPS) is 30.6. The highest BCUT2D eigenvalue weighted by Crippen LogP contribution is 2.59. The Morgan fingerprint density at radius 1 is 1.07 bits per heavy atom. The Balaban J connectivity index is 1.26. The molecule has 4 heteroatoms. The molecule has 4 bridgehead atoms. The van der Waals surface area contributed by atoms with Crippen LogP contribution in [0.1, 0.15) is 54.0 Å². The minimum atomic E-state index is 0.160. The SMILES string of the molecule is Cc1ccc(-c2nc(C)sc2CC(=O)NCC23CC4CC(CC(C4)C2)C3)cc1. The summed E-state index contributed by atoms with van der Waals surface area (Å²) >= 11 is 1.66. The third-order valence-electron chi connectivity index (χ3n) is 7.28. The molecule has 0 atom stereocenters. The Kier molecular flexibility index (Phi) is 4.58. The second-order valence-electron chi connectivity index (χ2n) is 9.74. The minimum absolute atomic E-state index is 0.160. The van der Waals surface area contributed by atoms with Gasteiger partial charge in [0, 0.05) is 17.0 Å². The highest BCUT2D eigenvalue weighted by atomic mass is 32.1. The van der Waals surface area contributed by atoms with Crippen LogP contribution < -0.4 is 5.32 Å². The summed E-state index contributed by atoms with van der Waals surface area (Å²) in [5.74, 6) is 2.95. The van der Waals surface area contributed by atoms with Gasteiger partial charge in [-0.1, -0.05) is 29.8 Å². The first-order valence-electron chi connectivity index (χ1n) is 10.8. The molecule has 1 aromatic carbocycles. The predicted octanol–water partition coefficient (Wildman–Crippen LogP) is 5.30. The summed E-state index contributed by atoms with van der Waals surface area (Å²) in [6.07, 6.45) is 8.82. The summed E-state index contributed by atoms with van der Waals surface area (Å²) in [7, 11) is 0. The van der Waals surface area contributed by atoms with E-state index in [1.165, 1.54) is 44.1 Å². The van der Waals surface area contributed by atoms with Crippen molar-refractivity contribution in [2.75, 3.05) is 6.54 Å². The number of rotatable bonds is 5. The van der Waals surface area contributed by atoms with E-state index in [1.807, 2.05) is 6.92 Å². The van der Waals surface area contributed by atoms with Crippen LogP contribution in [0.4, 0.5) is 0 Å². The van der Waals surface area contributed by atoms with Crippen LogP contribution in [0.25, 0.3) is 11.3 Å². The van der Waals surface area contributed by atoms with Gasteiger partial charge in [-0.2, -0.15) is 0 Å². The molecule has 1 heterocycles. The average molecular weight is 395 g/mol. The molecule has 1 aromatic heterocycles. The lowest BCUT2D eigenvalue weighted by molar-refractivity contribution is -0.122. The fraction of sp³-hybridized carbons (Fsp3) is 0.583. The number of carbonyl (C=O) groups is 1. The first kappa shape index (κ1) is 18.4. The van der Waals surface area contributed by atoms with Gasteiger partial charge in [-0.25, -0.2) is 4.98 Å². The maximum atomic E-state index is 12.8. The smallest absolute Gasteiger partial charge is 0.225 e. The molecular formula is C24H30N2OS. The number of thiazole rings is 1. The van der Waals surface area contributed by atoms with Crippen LogP contribution in [0, 0.1) is 37.0 Å². The number of aromatic nitrogens is 1. The van der Waals surface area contributed by atoms with Gasteiger partial charge >= 0.3 is 0 Å². The van der Waals surface area contributed by atoms with Crippen LogP contribution in [-0.4, -0.2) is 17.4 Å². The molecular weight excluding hydrogens is 364 g/mol. The maximum Gasteiger partial charge on any atom is 0.225 e.